The molecule has 0 atom stereocenters. The van der Waals surface area contributed by atoms with Crippen molar-refractivity contribution in [2.24, 2.45) is 0 Å². The summed E-state index contributed by atoms with van der Waals surface area (Å²) in [5, 5.41) is 0. The van der Waals surface area contributed by atoms with Crippen molar-refractivity contribution in [3.8, 4) is 0 Å². The summed E-state index contributed by atoms with van der Waals surface area (Å²) in [5.74, 6) is -0.897. The van der Waals surface area contributed by atoms with E-state index in [4.69, 9.17) is 0 Å². The third-order valence-electron chi connectivity index (χ3n) is 2.74. The SMILES string of the molecule is CCCCCCCCCCCC(=O)OC(C)=O.[NaH]. The molecule has 0 saturated heterocycles. The standard InChI is InChI=1S/C14H26O3.Na.H/c1-3-4-5-6-7-8-9-10-11-12-14(16)17-13(2)15;;/h3-12H2,1-2H3;;. The molecule has 0 unspecified atom stereocenters. The molecule has 18 heavy (non-hydrogen) atoms. The molecule has 0 heterocycles. The number of rotatable bonds is 10. The van der Waals surface area contributed by atoms with Crippen molar-refractivity contribution in [2.45, 2.75) is 78.1 Å². The average Bonchev–Trinajstić information content (AvgIpc) is 2.26. The van der Waals surface area contributed by atoms with Gasteiger partial charge in [-0.2, -0.15) is 0 Å². The van der Waals surface area contributed by atoms with Gasteiger partial charge in [0.25, 0.3) is 0 Å². The van der Waals surface area contributed by atoms with Gasteiger partial charge in [-0.3, -0.25) is 9.59 Å². The van der Waals surface area contributed by atoms with Gasteiger partial charge in [0.05, 0.1) is 0 Å². The average molecular weight is 266 g/mol. The molecule has 0 aliphatic heterocycles. The predicted molar refractivity (Wildman–Crippen MR) is 75.8 cm³/mol. The molecule has 0 N–H and O–H groups in total. The van der Waals surface area contributed by atoms with E-state index in [1.54, 1.807) is 0 Å². The van der Waals surface area contributed by atoms with Crippen molar-refractivity contribution >= 4 is 41.5 Å². The van der Waals surface area contributed by atoms with Crippen molar-refractivity contribution in [1.29, 1.82) is 0 Å². The maximum atomic E-state index is 11.0. The van der Waals surface area contributed by atoms with Crippen LogP contribution in [0.5, 0.6) is 0 Å². The first-order chi connectivity index (χ1) is 8.16. The number of carbonyl (C=O) groups is 2. The molecular formula is C14H27NaO3. The topological polar surface area (TPSA) is 43.4 Å². The Hall–Kier alpha value is 0.140. The monoisotopic (exact) mass is 266 g/mol. The Morgan fingerprint density at radius 2 is 1.28 bits per heavy atom. The van der Waals surface area contributed by atoms with Crippen LogP contribution < -0.4 is 0 Å². The van der Waals surface area contributed by atoms with Crippen LogP contribution in [0.2, 0.25) is 0 Å². The van der Waals surface area contributed by atoms with Gasteiger partial charge in [-0.1, -0.05) is 58.3 Å². The van der Waals surface area contributed by atoms with Gasteiger partial charge >= 0.3 is 41.5 Å². The summed E-state index contributed by atoms with van der Waals surface area (Å²) in [6, 6.07) is 0. The zero-order valence-electron chi connectivity index (χ0n) is 11.3. The van der Waals surface area contributed by atoms with Gasteiger partial charge in [-0.25, -0.2) is 0 Å². The molecule has 0 aromatic rings. The summed E-state index contributed by atoms with van der Waals surface area (Å²) >= 11 is 0. The summed E-state index contributed by atoms with van der Waals surface area (Å²) in [5.41, 5.74) is 0. The van der Waals surface area contributed by atoms with E-state index in [1.165, 1.54) is 51.9 Å². The first-order valence-electron chi connectivity index (χ1n) is 6.88. The second kappa shape index (κ2) is 15.2. The van der Waals surface area contributed by atoms with Crippen molar-refractivity contribution < 1.29 is 14.3 Å². The summed E-state index contributed by atoms with van der Waals surface area (Å²) in [6.07, 6.45) is 11.3. The van der Waals surface area contributed by atoms with Gasteiger partial charge in [0.2, 0.25) is 0 Å². The molecule has 102 valence electrons. The van der Waals surface area contributed by atoms with Gasteiger partial charge < -0.3 is 4.74 Å². The first kappa shape index (κ1) is 20.5. The maximum absolute atomic E-state index is 11.0. The van der Waals surface area contributed by atoms with E-state index in [9.17, 15) is 9.59 Å². The van der Waals surface area contributed by atoms with Crippen LogP contribution in [0.3, 0.4) is 0 Å². The Morgan fingerprint density at radius 1 is 0.833 bits per heavy atom. The molecule has 0 aromatic heterocycles. The van der Waals surface area contributed by atoms with E-state index in [-0.39, 0.29) is 35.5 Å². The molecule has 0 rings (SSSR count). The minimum absolute atomic E-state index is 0. The molecule has 0 aliphatic carbocycles. The molecule has 0 aliphatic rings. The molecule has 0 aromatic carbocycles. The van der Waals surface area contributed by atoms with Gasteiger partial charge in [0.15, 0.2) is 0 Å². The zero-order valence-corrected chi connectivity index (χ0v) is 11.3. The van der Waals surface area contributed by atoms with E-state index < -0.39 is 5.97 Å². The zero-order chi connectivity index (χ0) is 12.9. The minimum atomic E-state index is -0.508. The van der Waals surface area contributed by atoms with Crippen molar-refractivity contribution in [2.75, 3.05) is 0 Å². The number of hydrogen-bond donors (Lipinski definition) is 0. The van der Waals surface area contributed by atoms with Crippen LogP contribution in [-0.4, -0.2) is 41.5 Å². The summed E-state index contributed by atoms with van der Waals surface area (Å²) in [4.78, 5) is 21.5. The first-order valence-corrected chi connectivity index (χ1v) is 6.88. The molecule has 3 nitrogen and oxygen atoms in total. The van der Waals surface area contributed by atoms with Crippen LogP contribution >= 0.6 is 0 Å². The number of ether oxygens (including phenoxy) is 1. The Labute approximate surface area is 133 Å². The molecule has 0 bridgehead atoms. The summed E-state index contributed by atoms with van der Waals surface area (Å²) in [6.45, 7) is 3.48. The van der Waals surface area contributed by atoms with Gasteiger partial charge in [0, 0.05) is 13.3 Å². The molecule has 0 amide bonds. The second-order valence-electron chi connectivity index (χ2n) is 4.54. The number of unbranched alkanes of at least 4 members (excludes halogenated alkanes) is 8. The van der Waals surface area contributed by atoms with Crippen LogP contribution in [0.1, 0.15) is 78.1 Å². The fourth-order valence-electron chi connectivity index (χ4n) is 1.79. The predicted octanol–water partition coefficient (Wildman–Crippen LogP) is 3.35. The molecule has 0 saturated carbocycles. The third kappa shape index (κ3) is 16.1. The fourth-order valence-corrected chi connectivity index (χ4v) is 1.79. The van der Waals surface area contributed by atoms with E-state index in [2.05, 4.69) is 11.7 Å². The number of esters is 2. The molecular weight excluding hydrogens is 239 g/mol. The second-order valence-corrected chi connectivity index (χ2v) is 4.54. The molecule has 4 heteroatoms. The molecule has 0 radical (unpaired) electrons. The van der Waals surface area contributed by atoms with E-state index in [0.29, 0.717) is 6.42 Å². The number of carbonyl (C=O) groups excluding carboxylic acids is 2. The Morgan fingerprint density at radius 3 is 1.72 bits per heavy atom. The van der Waals surface area contributed by atoms with Crippen LogP contribution in [0.4, 0.5) is 0 Å². The molecule has 0 spiro atoms. The summed E-state index contributed by atoms with van der Waals surface area (Å²) < 4.78 is 4.44. The Kier molecular flexibility index (Phi) is 17.3. The van der Waals surface area contributed by atoms with E-state index in [0.717, 1.165) is 12.8 Å². The third-order valence-corrected chi connectivity index (χ3v) is 2.74. The van der Waals surface area contributed by atoms with Gasteiger partial charge in [0.1, 0.15) is 0 Å². The number of hydrogen-bond acceptors (Lipinski definition) is 3. The fraction of sp³-hybridized carbons (Fsp3) is 0.857. The van der Waals surface area contributed by atoms with Crippen molar-refractivity contribution in [3.63, 3.8) is 0 Å². The van der Waals surface area contributed by atoms with Crippen molar-refractivity contribution in [1.82, 2.24) is 0 Å². The van der Waals surface area contributed by atoms with E-state index >= 15 is 0 Å². The summed E-state index contributed by atoms with van der Waals surface area (Å²) in [7, 11) is 0. The van der Waals surface area contributed by atoms with Crippen LogP contribution in [0.15, 0.2) is 0 Å². The van der Waals surface area contributed by atoms with Crippen molar-refractivity contribution in [3.05, 3.63) is 0 Å². The van der Waals surface area contributed by atoms with Crippen LogP contribution in [-0.2, 0) is 14.3 Å². The van der Waals surface area contributed by atoms with Crippen LogP contribution in [0, 0.1) is 0 Å². The van der Waals surface area contributed by atoms with Gasteiger partial charge in [-0.15, -0.1) is 0 Å². The van der Waals surface area contributed by atoms with E-state index in [1.807, 2.05) is 0 Å². The normalized spacial score (nSPS) is 9.67. The molecule has 0 fully saturated rings. The Bertz CT molecular complexity index is 217. The quantitative estimate of drug-likeness (QED) is 0.263. The Balaban J connectivity index is 0. The van der Waals surface area contributed by atoms with Crippen LogP contribution in [0.25, 0.3) is 0 Å². The van der Waals surface area contributed by atoms with Gasteiger partial charge in [-0.05, 0) is 6.42 Å².